The van der Waals surface area contributed by atoms with Crippen LogP contribution in [0.5, 0.6) is 17.2 Å². The Bertz CT molecular complexity index is 961. The average molecular weight is 380 g/mol. The number of rotatable bonds is 7. The van der Waals surface area contributed by atoms with Crippen molar-refractivity contribution in [3.8, 4) is 17.2 Å². The van der Waals surface area contributed by atoms with Crippen LogP contribution in [0.4, 0.5) is 17.2 Å². The molecule has 3 rings (SSSR count). The first-order valence-electron chi connectivity index (χ1n) is 8.39. The Morgan fingerprint density at radius 2 is 1.68 bits per heavy atom. The van der Waals surface area contributed by atoms with Crippen LogP contribution in [-0.2, 0) is 0 Å². The molecule has 8 heteroatoms. The van der Waals surface area contributed by atoms with Crippen molar-refractivity contribution in [1.29, 1.82) is 0 Å². The summed E-state index contributed by atoms with van der Waals surface area (Å²) in [4.78, 5) is 20.8. The van der Waals surface area contributed by atoms with E-state index in [2.05, 4.69) is 20.6 Å². The van der Waals surface area contributed by atoms with E-state index < -0.39 is 0 Å². The average Bonchev–Trinajstić information content (AvgIpc) is 2.74. The lowest BCUT2D eigenvalue weighted by Gasteiger charge is -2.12. The summed E-state index contributed by atoms with van der Waals surface area (Å²) in [5, 5.41) is 5.86. The van der Waals surface area contributed by atoms with Gasteiger partial charge in [0.15, 0.2) is 0 Å². The molecule has 1 amide bonds. The zero-order valence-electron chi connectivity index (χ0n) is 15.7. The molecule has 0 atom stereocenters. The van der Waals surface area contributed by atoms with E-state index in [0.717, 1.165) is 0 Å². The van der Waals surface area contributed by atoms with Gasteiger partial charge >= 0.3 is 0 Å². The summed E-state index contributed by atoms with van der Waals surface area (Å²) in [6.45, 7) is 0. The Morgan fingerprint density at radius 3 is 2.36 bits per heavy atom. The minimum Gasteiger partial charge on any atom is -0.497 e. The second kappa shape index (κ2) is 8.72. The molecule has 0 bridgehead atoms. The van der Waals surface area contributed by atoms with Crippen molar-refractivity contribution in [2.45, 2.75) is 0 Å². The van der Waals surface area contributed by atoms with E-state index in [1.165, 1.54) is 12.4 Å². The minimum atomic E-state index is -0.366. The normalized spacial score (nSPS) is 10.1. The molecule has 0 spiro atoms. The topological polar surface area (TPSA) is 94.6 Å². The highest BCUT2D eigenvalue weighted by molar-refractivity contribution is 6.02. The maximum atomic E-state index is 12.3. The molecule has 0 aliphatic heterocycles. The van der Waals surface area contributed by atoms with Crippen molar-refractivity contribution in [3.63, 3.8) is 0 Å². The van der Waals surface area contributed by atoms with Crippen molar-refractivity contribution < 1.29 is 19.0 Å². The first kappa shape index (κ1) is 19.0. The first-order valence-corrected chi connectivity index (χ1v) is 8.39. The van der Waals surface area contributed by atoms with Crippen molar-refractivity contribution in [2.24, 2.45) is 0 Å². The van der Waals surface area contributed by atoms with E-state index in [9.17, 15) is 4.79 Å². The van der Waals surface area contributed by atoms with Gasteiger partial charge in [0.2, 0.25) is 0 Å². The Morgan fingerprint density at radius 1 is 0.893 bits per heavy atom. The fourth-order valence-electron chi connectivity index (χ4n) is 2.45. The van der Waals surface area contributed by atoms with E-state index in [4.69, 9.17) is 14.2 Å². The summed E-state index contributed by atoms with van der Waals surface area (Å²) < 4.78 is 15.7. The van der Waals surface area contributed by atoms with Gasteiger partial charge in [-0.1, -0.05) is 6.07 Å². The molecule has 0 aliphatic carbocycles. The zero-order valence-corrected chi connectivity index (χ0v) is 15.7. The van der Waals surface area contributed by atoms with Crippen LogP contribution in [0, 0.1) is 0 Å². The summed E-state index contributed by atoms with van der Waals surface area (Å²) in [5.41, 5.74) is 1.50. The van der Waals surface area contributed by atoms with Crippen molar-refractivity contribution >= 4 is 23.1 Å². The Labute approximate surface area is 162 Å². The molecular formula is C20H20N4O4. The van der Waals surface area contributed by atoms with Crippen LogP contribution in [-0.4, -0.2) is 37.2 Å². The van der Waals surface area contributed by atoms with Gasteiger partial charge in [0.25, 0.3) is 5.91 Å². The highest BCUT2D eigenvalue weighted by Gasteiger charge is 2.11. The molecular weight excluding hydrogens is 360 g/mol. The number of anilines is 3. The molecule has 28 heavy (non-hydrogen) atoms. The molecule has 0 aliphatic rings. The van der Waals surface area contributed by atoms with E-state index in [1.807, 2.05) is 6.07 Å². The van der Waals surface area contributed by atoms with Crippen LogP contribution in [0.2, 0.25) is 0 Å². The third kappa shape index (κ3) is 4.47. The third-order valence-corrected chi connectivity index (χ3v) is 3.88. The molecule has 0 radical (unpaired) electrons. The number of benzene rings is 2. The molecule has 0 unspecified atom stereocenters. The second-order valence-electron chi connectivity index (χ2n) is 5.66. The van der Waals surface area contributed by atoms with Crippen LogP contribution in [0.25, 0.3) is 0 Å². The number of nitrogens with one attached hydrogen (secondary N) is 2. The number of amides is 1. The maximum Gasteiger partial charge on any atom is 0.275 e. The van der Waals surface area contributed by atoms with Gasteiger partial charge in [0.05, 0.1) is 39.4 Å². The quantitative estimate of drug-likeness (QED) is 0.648. The summed E-state index contributed by atoms with van der Waals surface area (Å²) in [6.07, 6.45) is 2.87. The molecule has 3 aromatic rings. The Kier molecular flexibility index (Phi) is 5.91. The number of carbonyl (C=O) groups is 1. The number of methoxy groups -OCH3 is 3. The third-order valence-electron chi connectivity index (χ3n) is 3.88. The summed E-state index contributed by atoms with van der Waals surface area (Å²) in [6, 6.07) is 12.4. The zero-order chi connectivity index (χ0) is 19.9. The van der Waals surface area contributed by atoms with Crippen molar-refractivity contribution in [1.82, 2.24) is 9.97 Å². The van der Waals surface area contributed by atoms with Gasteiger partial charge < -0.3 is 24.8 Å². The lowest BCUT2D eigenvalue weighted by atomic mass is 10.2. The SMILES string of the molecule is COc1cccc(NC(=O)c2cnc(Nc3ccc(OC)cc3OC)cn2)c1. The fraction of sp³-hybridized carbons (Fsp3) is 0.150. The number of carbonyl (C=O) groups excluding carboxylic acids is 1. The largest absolute Gasteiger partial charge is 0.497 e. The van der Waals surface area contributed by atoms with Gasteiger partial charge in [-0.05, 0) is 24.3 Å². The molecule has 0 saturated heterocycles. The lowest BCUT2D eigenvalue weighted by molar-refractivity contribution is 0.102. The Balaban J connectivity index is 1.70. The molecule has 2 N–H and O–H groups in total. The number of aromatic nitrogens is 2. The van der Waals surface area contributed by atoms with Crippen molar-refractivity contribution in [3.05, 3.63) is 60.6 Å². The Hall–Kier alpha value is -3.81. The number of nitrogens with zero attached hydrogens (tertiary/aromatic N) is 2. The highest BCUT2D eigenvalue weighted by Crippen LogP contribution is 2.30. The van der Waals surface area contributed by atoms with E-state index in [0.29, 0.717) is 34.4 Å². The highest BCUT2D eigenvalue weighted by atomic mass is 16.5. The van der Waals surface area contributed by atoms with Gasteiger partial charge in [0.1, 0.15) is 28.8 Å². The smallest absolute Gasteiger partial charge is 0.275 e. The predicted octanol–water partition coefficient (Wildman–Crippen LogP) is 3.50. The van der Waals surface area contributed by atoms with E-state index in [1.54, 1.807) is 57.7 Å². The predicted molar refractivity (Wildman–Crippen MR) is 106 cm³/mol. The molecule has 144 valence electrons. The van der Waals surface area contributed by atoms with Crippen LogP contribution in [0.1, 0.15) is 10.5 Å². The minimum absolute atomic E-state index is 0.190. The summed E-state index contributed by atoms with van der Waals surface area (Å²) in [5.74, 6) is 2.03. The second-order valence-corrected chi connectivity index (χ2v) is 5.66. The standard InChI is InChI=1S/C20H20N4O4/c1-26-14-6-4-5-13(9-14)23-20(25)17-11-22-19(12-21-17)24-16-8-7-15(27-2)10-18(16)28-3/h4-12H,1-3H3,(H,22,24)(H,23,25). The first-order chi connectivity index (χ1) is 13.6. The molecule has 0 saturated carbocycles. The molecule has 8 nitrogen and oxygen atoms in total. The molecule has 1 aromatic heterocycles. The van der Waals surface area contributed by atoms with Gasteiger partial charge in [-0.15, -0.1) is 0 Å². The lowest BCUT2D eigenvalue weighted by Crippen LogP contribution is -2.14. The molecule has 0 fully saturated rings. The monoisotopic (exact) mass is 380 g/mol. The van der Waals surface area contributed by atoms with Crippen LogP contribution in [0.3, 0.4) is 0 Å². The number of hydrogen-bond donors (Lipinski definition) is 2. The maximum absolute atomic E-state index is 12.3. The molecule has 2 aromatic carbocycles. The van der Waals surface area contributed by atoms with Crippen LogP contribution >= 0.6 is 0 Å². The van der Waals surface area contributed by atoms with E-state index >= 15 is 0 Å². The van der Waals surface area contributed by atoms with Gasteiger partial charge in [-0.25, -0.2) is 9.97 Å². The molecule has 1 heterocycles. The van der Waals surface area contributed by atoms with Gasteiger partial charge in [0, 0.05) is 17.8 Å². The van der Waals surface area contributed by atoms with Gasteiger partial charge in [-0.3, -0.25) is 4.79 Å². The van der Waals surface area contributed by atoms with E-state index in [-0.39, 0.29) is 11.6 Å². The fourth-order valence-corrected chi connectivity index (χ4v) is 2.45. The summed E-state index contributed by atoms with van der Waals surface area (Å²) >= 11 is 0. The summed E-state index contributed by atoms with van der Waals surface area (Å²) in [7, 11) is 4.72. The number of hydrogen-bond acceptors (Lipinski definition) is 7. The number of ether oxygens (including phenoxy) is 3. The van der Waals surface area contributed by atoms with Gasteiger partial charge in [-0.2, -0.15) is 0 Å². The van der Waals surface area contributed by atoms with Crippen LogP contribution < -0.4 is 24.8 Å². The van der Waals surface area contributed by atoms with Crippen LogP contribution in [0.15, 0.2) is 54.9 Å². The van der Waals surface area contributed by atoms with Crippen molar-refractivity contribution in [2.75, 3.05) is 32.0 Å².